The first-order chi connectivity index (χ1) is 8.34. The van der Waals surface area contributed by atoms with Crippen molar-refractivity contribution in [2.75, 3.05) is 0 Å². The molecule has 0 aliphatic carbocycles. The van der Waals surface area contributed by atoms with Crippen LogP contribution in [0.1, 0.15) is 26.7 Å². The third-order valence-electron chi connectivity index (χ3n) is 2.15. The van der Waals surface area contributed by atoms with Crippen molar-refractivity contribution in [1.29, 1.82) is 0 Å². The van der Waals surface area contributed by atoms with Crippen LogP contribution in [0.2, 0.25) is 0 Å². The van der Waals surface area contributed by atoms with Gasteiger partial charge in [0, 0.05) is 0 Å². The second-order valence-corrected chi connectivity index (χ2v) is 7.57. The first-order valence-corrected chi connectivity index (χ1v) is 8.00. The predicted octanol–water partition coefficient (Wildman–Crippen LogP) is -0.611. The summed E-state index contributed by atoms with van der Waals surface area (Å²) in [5, 5.41) is -2.90. The third kappa shape index (κ3) is 7.20. The molecule has 11 heteroatoms. The Hall–Kier alpha value is -1.04. The highest BCUT2D eigenvalue weighted by Crippen LogP contribution is 2.08. The van der Waals surface area contributed by atoms with Gasteiger partial charge in [-0.25, -0.2) is 0 Å². The molecule has 2 atom stereocenters. The number of carbonyl (C=O) groups excluding carboxylic acids is 2. The number of carbonyl (C=O) groups is 2. The van der Waals surface area contributed by atoms with E-state index in [9.17, 15) is 26.4 Å². The van der Waals surface area contributed by atoms with Crippen molar-refractivity contribution in [3.63, 3.8) is 0 Å². The van der Waals surface area contributed by atoms with Crippen LogP contribution in [0.5, 0.6) is 0 Å². The maximum atomic E-state index is 11.1. The molecule has 0 aromatic rings. The van der Waals surface area contributed by atoms with Crippen molar-refractivity contribution in [3.05, 3.63) is 0 Å². The van der Waals surface area contributed by atoms with Crippen LogP contribution >= 0.6 is 0 Å². The second-order valence-electron chi connectivity index (χ2n) is 3.91. The first-order valence-electron chi connectivity index (χ1n) is 5.00. The van der Waals surface area contributed by atoms with Gasteiger partial charge in [-0.15, -0.1) is 0 Å². The van der Waals surface area contributed by atoms with Crippen LogP contribution in [0.25, 0.3) is 0 Å². The summed E-state index contributed by atoms with van der Waals surface area (Å²) < 4.78 is 63.8. The highest BCUT2D eigenvalue weighted by atomic mass is 32.2. The van der Waals surface area contributed by atoms with E-state index in [1.54, 1.807) is 0 Å². The van der Waals surface area contributed by atoms with Crippen LogP contribution in [-0.4, -0.2) is 48.4 Å². The maximum absolute atomic E-state index is 11.1. The summed E-state index contributed by atoms with van der Waals surface area (Å²) in [5.41, 5.74) is 0. The lowest BCUT2D eigenvalue weighted by Crippen LogP contribution is -2.26. The molecule has 0 heterocycles. The van der Waals surface area contributed by atoms with Gasteiger partial charge in [0.25, 0.3) is 20.2 Å². The van der Waals surface area contributed by atoms with Crippen LogP contribution in [-0.2, 0) is 34.6 Å². The Labute approximate surface area is 110 Å². The molecule has 0 radical (unpaired) electrons. The fraction of sp³-hybridized carbons (Fsp3) is 0.750. The van der Waals surface area contributed by atoms with E-state index < -0.39 is 55.5 Å². The lowest BCUT2D eigenvalue weighted by atomic mass is 10.3. The SMILES string of the molecule is CC(CC(=O)OC(=O)CC(C)S(=O)(=O)O)S(=O)(=O)O. The lowest BCUT2D eigenvalue weighted by Gasteiger charge is -2.09. The monoisotopic (exact) mass is 318 g/mol. The summed E-state index contributed by atoms with van der Waals surface area (Å²) in [6, 6.07) is 0. The van der Waals surface area contributed by atoms with Crippen LogP contribution in [0, 0.1) is 0 Å². The van der Waals surface area contributed by atoms with Crippen molar-refractivity contribution in [2.45, 2.75) is 37.2 Å². The molecule has 0 aliphatic heterocycles. The molecule has 19 heavy (non-hydrogen) atoms. The van der Waals surface area contributed by atoms with Crippen LogP contribution in [0.3, 0.4) is 0 Å². The number of esters is 2. The van der Waals surface area contributed by atoms with Crippen LogP contribution in [0.15, 0.2) is 0 Å². The zero-order valence-electron chi connectivity index (χ0n) is 10.1. The summed E-state index contributed by atoms with van der Waals surface area (Å²) in [6.45, 7) is 2.06. The van der Waals surface area contributed by atoms with Crippen molar-refractivity contribution in [3.8, 4) is 0 Å². The van der Waals surface area contributed by atoms with Gasteiger partial charge in [0.1, 0.15) is 0 Å². The molecule has 0 spiro atoms. The number of rotatable bonds is 6. The van der Waals surface area contributed by atoms with Gasteiger partial charge in [-0.05, 0) is 13.8 Å². The molecule has 2 unspecified atom stereocenters. The Bertz CT molecular complexity index is 495. The van der Waals surface area contributed by atoms with E-state index in [-0.39, 0.29) is 0 Å². The van der Waals surface area contributed by atoms with E-state index in [1.807, 2.05) is 0 Å². The van der Waals surface area contributed by atoms with Gasteiger partial charge < -0.3 is 4.74 Å². The summed E-state index contributed by atoms with van der Waals surface area (Å²) >= 11 is 0. The smallest absolute Gasteiger partial charge is 0.314 e. The summed E-state index contributed by atoms with van der Waals surface area (Å²) in [5.74, 6) is -2.45. The number of ether oxygens (including phenoxy) is 1. The van der Waals surface area contributed by atoms with E-state index in [2.05, 4.69) is 4.74 Å². The molecule has 9 nitrogen and oxygen atoms in total. The Morgan fingerprint density at radius 3 is 1.37 bits per heavy atom. The van der Waals surface area contributed by atoms with Gasteiger partial charge in [0.05, 0.1) is 23.3 Å². The highest BCUT2D eigenvalue weighted by Gasteiger charge is 2.26. The molecule has 0 aromatic carbocycles. The number of hydrogen-bond donors (Lipinski definition) is 2. The molecule has 0 rings (SSSR count). The van der Waals surface area contributed by atoms with E-state index in [0.29, 0.717) is 0 Å². The summed E-state index contributed by atoms with van der Waals surface area (Å²) in [7, 11) is -8.86. The largest absolute Gasteiger partial charge is 0.393 e. The van der Waals surface area contributed by atoms with Gasteiger partial charge in [-0.3, -0.25) is 18.7 Å². The van der Waals surface area contributed by atoms with E-state index in [1.165, 1.54) is 0 Å². The molecular weight excluding hydrogens is 304 g/mol. The van der Waals surface area contributed by atoms with Gasteiger partial charge in [-0.2, -0.15) is 16.8 Å². The normalized spacial score (nSPS) is 15.6. The molecular formula is C8H14O9S2. The van der Waals surface area contributed by atoms with Gasteiger partial charge >= 0.3 is 11.9 Å². The third-order valence-corrected chi connectivity index (χ3v) is 4.52. The molecule has 112 valence electrons. The topological polar surface area (TPSA) is 152 Å². The van der Waals surface area contributed by atoms with E-state index in [0.717, 1.165) is 13.8 Å². The first kappa shape index (κ1) is 18.0. The zero-order chi connectivity index (χ0) is 15.4. The standard InChI is InChI=1S/C8H14O9S2/c1-5(18(11,12)13)3-7(9)17-8(10)4-6(2)19(14,15)16/h5-6H,3-4H2,1-2H3,(H,11,12,13)(H,14,15,16). The average Bonchev–Trinajstić information content (AvgIpc) is 2.13. The van der Waals surface area contributed by atoms with Crippen LogP contribution in [0.4, 0.5) is 0 Å². The maximum Gasteiger partial charge on any atom is 0.314 e. The van der Waals surface area contributed by atoms with Crippen molar-refractivity contribution in [1.82, 2.24) is 0 Å². The average molecular weight is 318 g/mol. The molecule has 0 bridgehead atoms. The van der Waals surface area contributed by atoms with Gasteiger partial charge in [0.15, 0.2) is 0 Å². The van der Waals surface area contributed by atoms with Gasteiger partial charge in [-0.1, -0.05) is 0 Å². The van der Waals surface area contributed by atoms with Crippen molar-refractivity contribution < 1.29 is 40.3 Å². The molecule has 0 fully saturated rings. The minimum Gasteiger partial charge on any atom is -0.393 e. The van der Waals surface area contributed by atoms with Crippen molar-refractivity contribution in [2.24, 2.45) is 0 Å². The number of hydrogen-bond acceptors (Lipinski definition) is 7. The fourth-order valence-corrected chi connectivity index (χ4v) is 1.58. The predicted molar refractivity (Wildman–Crippen MR) is 62.4 cm³/mol. The molecule has 0 aromatic heterocycles. The lowest BCUT2D eigenvalue weighted by molar-refractivity contribution is -0.159. The van der Waals surface area contributed by atoms with Crippen LogP contribution < -0.4 is 0 Å². The molecule has 0 saturated heterocycles. The Kier molecular flexibility index (Phi) is 6.06. The quantitative estimate of drug-likeness (QED) is 0.371. The Balaban J connectivity index is 4.41. The Morgan fingerprint density at radius 2 is 1.16 bits per heavy atom. The van der Waals surface area contributed by atoms with E-state index >= 15 is 0 Å². The minimum atomic E-state index is -4.43. The fourth-order valence-electron chi connectivity index (χ4n) is 0.890. The minimum absolute atomic E-state index is 0.759. The Morgan fingerprint density at radius 1 is 0.895 bits per heavy atom. The van der Waals surface area contributed by atoms with E-state index in [4.69, 9.17) is 9.11 Å². The summed E-state index contributed by atoms with van der Waals surface area (Å²) in [4.78, 5) is 22.2. The molecule has 2 N–H and O–H groups in total. The summed E-state index contributed by atoms with van der Waals surface area (Å²) in [6.07, 6.45) is -1.52. The molecule has 0 aliphatic rings. The van der Waals surface area contributed by atoms with Gasteiger partial charge in [0.2, 0.25) is 0 Å². The molecule has 0 saturated carbocycles. The highest BCUT2D eigenvalue weighted by molar-refractivity contribution is 7.86. The zero-order valence-corrected chi connectivity index (χ0v) is 11.8. The molecule has 0 amide bonds. The second kappa shape index (κ2) is 6.41. The van der Waals surface area contributed by atoms with Crippen molar-refractivity contribution >= 4 is 32.2 Å².